The predicted molar refractivity (Wildman–Crippen MR) is 107 cm³/mol. The fourth-order valence-corrected chi connectivity index (χ4v) is 3.27. The second-order valence-electron chi connectivity index (χ2n) is 7.05. The van der Waals surface area contributed by atoms with Crippen molar-refractivity contribution in [2.24, 2.45) is 5.92 Å². The number of nitro benzene ring substituents is 1. The van der Waals surface area contributed by atoms with E-state index in [2.05, 4.69) is 26.6 Å². The van der Waals surface area contributed by atoms with E-state index in [1.807, 2.05) is 12.3 Å². The maximum Gasteiger partial charge on any atom is 0.313 e. The normalized spacial score (nSPS) is 14.9. The Morgan fingerprint density at radius 3 is 2.48 bits per heavy atom. The van der Waals surface area contributed by atoms with Crippen molar-refractivity contribution in [2.45, 2.75) is 19.4 Å². The third-order valence-electron chi connectivity index (χ3n) is 4.93. The zero-order chi connectivity index (χ0) is 20.6. The van der Waals surface area contributed by atoms with Gasteiger partial charge in [0.25, 0.3) is 5.69 Å². The van der Waals surface area contributed by atoms with E-state index in [1.54, 1.807) is 6.20 Å². The van der Waals surface area contributed by atoms with Crippen LogP contribution in [0.4, 0.5) is 11.4 Å². The number of carbonyl (C=O) groups excluding carboxylic acids is 2. The molecule has 1 saturated heterocycles. The summed E-state index contributed by atoms with van der Waals surface area (Å²) >= 11 is 0. The van der Waals surface area contributed by atoms with Crippen LogP contribution in [0, 0.1) is 16.0 Å². The van der Waals surface area contributed by atoms with Crippen molar-refractivity contribution in [2.75, 3.05) is 25.0 Å². The Labute approximate surface area is 168 Å². The molecule has 2 heterocycles. The van der Waals surface area contributed by atoms with Gasteiger partial charge in [-0.25, -0.2) is 0 Å². The van der Waals surface area contributed by atoms with Gasteiger partial charge in [-0.3, -0.25) is 29.6 Å². The SMILES string of the molecule is O=C(NCC1CCN(Cc2cccnc2)CC1)C(=O)Nc1ccc([N+](=O)[O-])cc1. The number of carbonyl (C=O) groups is 2. The number of pyridine rings is 1. The number of piperidine rings is 1. The number of anilines is 1. The van der Waals surface area contributed by atoms with Gasteiger partial charge in [0, 0.05) is 43.3 Å². The Bertz CT molecular complexity index is 849. The van der Waals surface area contributed by atoms with Crippen LogP contribution in [0.3, 0.4) is 0 Å². The molecule has 0 saturated carbocycles. The molecule has 1 aromatic carbocycles. The summed E-state index contributed by atoms with van der Waals surface area (Å²) in [7, 11) is 0. The van der Waals surface area contributed by atoms with Crippen molar-refractivity contribution in [1.29, 1.82) is 0 Å². The third kappa shape index (κ3) is 6.08. The molecule has 2 amide bonds. The van der Waals surface area contributed by atoms with Crippen molar-refractivity contribution in [3.8, 4) is 0 Å². The first-order valence-corrected chi connectivity index (χ1v) is 9.46. The highest BCUT2D eigenvalue weighted by Crippen LogP contribution is 2.18. The van der Waals surface area contributed by atoms with E-state index in [0.717, 1.165) is 32.5 Å². The average molecular weight is 397 g/mol. The summed E-state index contributed by atoms with van der Waals surface area (Å²) in [5.74, 6) is -1.16. The second-order valence-corrected chi connectivity index (χ2v) is 7.05. The molecule has 1 aliphatic rings. The minimum Gasteiger partial charge on any atom is -0.348 e. The number of non-ortho nitro benzene ring substituents is 1. The van der Waals surface area contributed by atoms with Crippen LogP contribution in [-0.4, -0.2) is 46.3 Å². The number of likely N-dealkylation sites (tertiary alicyclic amines) is 1. The number of rotatable bonds is 6. The van der Waals surface area contributed by atoms with Crippen LogP contribution < -0.4 is 10.6 Å². The molecule has 0 spiro atoms. The van der Waals surface area contributed by atoms with Crippen molar-refractivity contribution in [3.63, 3.8) is 0 Å². The number of hydrogen-bond acceptors (Lipinski definition) is 6. The van der Waals surface area contributed by atoms with Crippen LogP contribution >= 0.6 is 0 Å². The van der Waals surface area contributed by atoms with Crippen LogP contribution in [0.2, 0.25) is 0 Å². The quantitative estimate of drug-likeness (QED) is 0.437. The van der Waals surface area contributed by atoms with E-state index < -0.39 is 16.7 Å². The van der Waals surface area contributed by atoms with Gasteiger partial charge in [-0.05, 0) is 55.6 Å². The van der Waals surface area contributed by atoms with Gasteiger partial charge in [-0.1, -0.05) is 6.07 Å². The van der Waals surface area contributed by atoms with Gasteiger partial charge in [-0.2, -0.15) is 0 Å². The van der Waals surface area contributed by atoms with Crippen LogP contribution in [0.25, 0.3) is 0 Å². The summed E-state index contributed by atoms with van der Waals surface area (Å²) in [6.45, 7) is 3.19. The second kappa shape index (κ2) is 9.74. The van der Waals surface area contributed by atoms with Crippen molar-refractivity contribution < 1.29 is 14.5 Å². The van der Waals surface area contributed by atoms with Crippen LogP contribution in [0.5, 0.6) is 0 Å². The minimum absolute atomic E-state index is 0.0812. The molecule has 9 heteroatoms. The van der Waals surface area contributed by atoms with Crippen LogP contribution in [0.15, 0.2) is 48.8 Å². The lowest BCUT2D eigenvalue weighted by atomic mass is 9.96. The maximum absolute atomic E-state index is 12.0. The van der Waals surface area contributed by atoms with Gasteiger partial charge in [0.2, 0.25) is 0 Å². The first-order valence-electron chi connectivity index (χ1n) is 9.46. The summed E-state index contributed by atoms with van der Waals surface area (Å²) in [6, 6.07) is 9.31. The fourth-order valence-electron chi connectivity index (χ4n) is 3.27. The highest BCUT2D eigenvalue weighted by Gasteiger charge is 2.21. The molecule has 2 aromatic rings. The molecule has 1 fully saturated rings. The monoisotopic (exact) mass is 397 g/mol. The van der Waals surface area contributed by atoms with E-state index in [4.69, 9.17) is 0 Å². The lowest BCUT2D eigenvalue weighted by molar-refractivity contribution is -0.384. The Balaban J connectivity index is 1.38. The highest BCUT2D eigenvalue weighted by atomic mass is 16.6. The summed E-state index contributed by atoms with van der Waals surface area (Å²) in [5.41, 5.74) is 1.43. The molecule has 0 radical (unpaired) electrons. The van der Waals surface area contributed by atoms with Gasteiger partial charge in [0.05, 0.1) is 4.92 Å². The summed E-state index contributed by atoms with van der Waals surface area (Å²) in [5, 5.41) is 15.8. The summed E-state index contributed by atoms with van der Waals surface area (Å²) < 4.78 is 0. The molecule has 0 bridgehead atoms. The standard InChI is InChI=1S/C20H23N5O4/c26-19(20(27)23-17-3-5-18(6-4-17)25(28)29)22-13-15-7-10-24(11-8-15)14-16-2-1-9-21-12-16/h1-6,9,12,15H,7-8,10-11,13-14H2,(H,22,26)(H,23,27). The van der Waals surface area contributed by atoms with Crippen LogP contribution in [-0.2, 0) is 16.1 Å². The number of benzene rings is 1. The third-order valence-corrected chi connectivity index (χ3v) is 4.93. The van der Waals surface area contributed by atoms with E-state index in [9.17, 15) is 19.7 Å². The zero-order valence-corrected chi connectivity index (χ0v) is 15.9. The van der Waals surface area contributed by atoms with Gasteiger partial charge in [0.1, 0.15) is 0 Å². The van der Waals surface area contributed by atoms with E-state index in [0.29, 0.717) is 18.2 Å². The van der Waals surface area contributed by atoms with E-state index in [1.165, 1.54) is 29.8 Å². The Hall–Kier alpha value is -3.33. The number of nitrogens with one attached hydrogen (secondary N) is 2. The number of amides is 2. The van der Waals surface area contributed by atoms with Gasteiger partial charge >= 0.3 is 11.8 Å². The first-order chi connectivity index (χ1) is 14.0. The number of aromatic nitrogens is 1. The summed E-state index contributed by atoms with van der Waals surface area (Å²) in [6.07, 6.45) is 5.53. The van der Waals surface area contributed by atoms with Crippen molar-refractivity contribution in [1.82, 2.24) is 15.2 Å². The molecule has 1 aromatic heterocycles. The van der Waals surface area contributed by atoms with Crippen LogP contribution in [0.1, 0.15) is 18.4 Å². The fraction of sp³-hybridized carbons (Fsp3) is 0.350. The highest BCUT2D eigenvalue weighted by molar-refractivity contribution is 6.39. The van der Waals surface area contributed by atoms with E-state index in [-0.39, 0.29) is 5.69 Å². The maximum atomic E-state index is 12.0. The molecular weight excluding hydrogens is 374 g/mol. The number of nitrogens with zero attached hydrogens (tertiary/aromatic N) is 3. The van der Waals surface area contributed by atoms with Gasteiger partial charge < -0.3 is 10.6 Å². The molecule has 2 N–H and O–H groups in total. The molecule has 0 aliphatic carbocycles. The van der Waals surface area contributed by atoms with Gasteiger partial charge in [-0.15, -0.1) is 0 Å². The lowest BCUT2D eigenvalue weighted by Crippen LogP contribution is -2.41. The topological polar surface area (TPSA) is 117 Å². The minimum atomic E-state index is -0.784. The molecule has 3 rings (SSSR count). The molecule has 1 aliphatic heterocycles. The van der Waals surface area contributed by atoms with Crippen molar-refractivity contribution >= 4 is 23.2 Å². The Morgan fingerprint density at radius 1 is 1.14 bits per heavy atom. The number of nitro groups is 1. The van der Waals surface area contributed by atoms with Gasteiger partial charge in [0.15, 0.2) is 0 Å². The molecule has 9 nitrogen and oxygen atoms in total. The molecule has 29 heavy (non-hydrogen) atoms. The molecular formula is C20H23N5O4. The average Bonchev–Trinajstić information content (AvgIpc) is 2.74. The zero-order valence-electron chi connectivity index (χ0n) is 15.9. The molecule has 0 unspecified atom stereocenters. The smallest absolute Gasteiger partial charge is 0.313 e. The molecule has 0 atom stereocenters. The Kier molecular flexibility index (Phi) is 6.85. The number of hydrogen-bond donors (Lipinski definition) is 2. The summed E-state index contributed by atoms with van der Waals surface area (Å²) in [4.78, 5) is 40.6. The van der Waals surface area contributed by atoms with E-state index >= 15 is 0 Å². The first kappa shape index (κ1) is 20.4. The van der Waals surface area contributed by atoms with Crippen molar-refractivity contribution in [3.05, 3.63) is 64.5 Å². The molecule has 152 valence electrons. The Morgan fingerprint density at radius 2 is 1.86 bits per heavy atom. The predicted octanol–water partition coefficient (Wildman–Crippen LogP) is 1.96. The largest absolute Gasteiger partial charge is 0.348 e. The lowest BCUT2D eigenvalue weighted by Gasteiger charge is -2.31.